The quantitative estimate of drug-likeness (QED) is 0.443. The van der Waals surface area contributed by atoms with Gasteiger partial charge in [-0.15, -0.1) is 11.3 Å². The molecule has 0 amide bonds. The highest BCUT2D eigenvalue weighted by atomic mass is 32.1. The van der Waals surface area contributed by atoms with Gasteiger partial charge in [-0.3, -0.25) is 4.79 Å². The highest BCUT2D eigenvalue weighted by molar-refractivity contribution is 7.17. The lowest BCUT2D eigenvalue weighted by Gasteiger charge is -2.16. The Hall–Kier alpha value is -3.25. The molecular weight excluding hydrogens is 394 g/mol. The van der Waals surface area contributed by atoms with Crippen molar-refractivity contribution < 1.29 is 9.90 Å². The van der Waals surface area contributed by atoms with Gasteiger partial charge in [0.1, 0.15) is 17.0 Å². The van der Waals surface area contributed by atoms with Gasteiger partial charge in [0.2, 0.25) is 0 Å². The van der Waals surface area contributed by atoms with Crippen LogP contribution in [0.25, 0.3) is 21.3 Å². The molecule has 0 bridgehead atoms. The Morgan fingerprint density at radius 2 is 1.83 bits per heavy atom. The number of thiophene rings is 1. The van der Waals surface area contributed by atoms with E-state index in [4.69, 9.17) is 5.11 Å². The molecule has 0 unspecified atom stereocenters. The van der Waals surface area contributed by atoms with E-state index in [1.807, 2.05) is 24.3 Å². The molecule has 2 heterocycles. The number of nitrogens with zero attached hydrogens (tertiary/aromatic N) is 2. The molecule has 5 nitrogen and oxygen atoms in total. The van der Waals surface area contributed by atoms with Gasteiger partial charge in [-0.05, 0) is 60.1 Å². The fraction of sp³-hybridized carbons (Fsp3) is 0.208. The third kappa shape index (κ3) is 3.66. The first-order valence-electron chi connectivity index (χ1n) is 10.1. The molecule has 2 N–H and O–H groups in total. The third-order valence-corrected chi connectivity index (χ3v) is 6.49. The normalized spacial score (nSPS) is 13.2. The Kier molecular flexibility index (Phi) is 4.93. The summed E-state index contributed by atoms with van der Waals surface area (Å²) >= 11 is 1.62. The first kappa shape index (κ1) is 18.8. The van der Waals surface area contributed by atoms with Crippen LogP contribution >= 0.6 is 11.3 Å². The molecular formula is C24H21N3O2S. The van der Waals surface area contributed by atoms with Crippen LogP contribution in [0.15, 0.2) is 54.2 Å². The minimum absolute atomic E-state index is 0.0189. The van der Waals surface area contributed by atoms with Crippen LogP contribution in [-0.2, 0) is 24.1 Å². The topological polar surface area (TPSA) is 75.1 Å². The summed E-state index contributed by atoms with van der Waals surface area (Å²) in [5.41, 5.74) is 6.92. The maximum atomic E-state index is 10.9. The van der Waals surface area contributed by atoms with Gasteiger partial charge < -0.3 is 10.4 Å². The summed E-state index contributed by atoms with van der Waals surface area (Å²) in [5.74, 6) is -0.0684. The highest BCUT2D eigenvalue weighted by Crippen LogP contribution is 2.38. The average Bonchev–Trinajstić information content (AvgIpc) is 3.20. The zero-order valence-corrected chi connectivity index (χ0v) is 17.2. The third-order valence-electron chi connectivity index (χ3n) is 5.60. The standard InChI is InChI=1S/C24H21N3O2S/c28-21(29)11-15-5-9-19(10-6-15)27-23-22-20(13-30-24(22)26-14-25-23)18-8-7-16-3-1-2-4-17(16)12-18/h5-10,12-14H,1-4,11H2,(H,28,29)(H,25,26,27). The molecule has 5 rings (SSSR count). The lowest BCUT2D eigenvalue weighted by Crippen LogP contribution is -2.02. The van der Waals surface area contributed by atoms with Crippen molar-refractivity contribution in [2.75, 3.05) is 5.32 Å². The Balaban J connectivity index is 1.51. The van der Waals surface area contributed by atoms with Gasteiger partial charge >= 0.3 is 5.97 Å². The average molecular weight is 416 g/mol. The molecule has 2 aromatic carbocycles. The zero-order valence-electron chi connectivity index (χ0n) is 16.4. The van der Waals surface area contributed by atoms with Crippen molar-refractivity contribution >= 4 is 39.0 Å². The van der Waals surface area contributed by atoms with Crippen LogP contribution in [0, 0.1) is 0 Å². The molecule has 1 aliphatic rings. The summed E-state index contributed by atoms with van der Waals surface area (Å²) in [7, 11) is 0. The number of fused-ring (bicyclic) bond motifs is 2. The van der Waals surface area contributed by atoms with Crippen LogP contribution in [0.3, 0.4) is 0 Å². The Labute approximate surface area is 178 Å². The predicted molar refractivity (Wildman–Crippen MR) is 121 cm³/mol. The van der Waals surface area contributed by atoms with Gasteiger partial charge in [-0.25, -0.2) is 9.97 Å². The van der Waals surface area contributed by atoms with Gasteiger partial charge in [-0.2, -0.15) is 0 Å². The van der Waals surface area contributed by atoms with Crippen molar-refractivity contribution in [3.05, 3.63) is 70.9 Å². The van der Waals surface area contributed by atoms with E-state index < -0.39 is 5.97 Å². The molecule has 4 aromatic rings. The number of carboxylic acid groups (broad SMARTS) is 1. The number of aromatic nitrogens is 2. The fourth-order valence-corrected chi connectivity index (χ4v) is 5.02. The van der Waals surface area contributed by atoms with Crippen LogP contribution in [0.2, 0.25) is 0 Å². The molecule has 0 saturated carbocycles. The summed E-state index contributed by atoms with van der Waals surface area (Å²) < 4.78 is 0. The van der Waals surface area contributed by atoms with E-state index in [2.05, 4.69) is 38.9 Å². The SMILES string of the molecule is O=C(O)Cc1ccc(Nc2ncnc3scc(-c4ccc5c(c4)CCCC5)c23)cc1. The summed E-state index contributed by atoms with van der Waals surface area (Å²) in [6.07, 6.45) is 6.46. The van der Waals surface area contributed by atoms with E-state index in [0.717, 1.165) is 39.3 Å². The van der Waals surface area contributed by atoms with Crippen LogP contribution in [0.1, 0.15) is 29.5 Å². The number of aryl methyl sites for hydroxylation is 2. The monoisotopic (exact) mass is 415 g/mol. The van der Waals surface area contributed by atoms with E-state index in [-0.39, 0.29) is 6.42 Å². The minimum atomic E-state index is -0.832. The number of carboxylic acids is 1. The highest BCUT2D eigenvalue weighted by Gasteiger charge is 2.16. The van der Waals surface area contributed by atoms with Gasteiger partial charge in [-0.1, -0.05) is 30.3 Å². The zero-order chi connectivity index (χ0) is 20.5. The summed E-state index contributed by atoms with van der Waals surface area (Å²) in [6.45, 7) is 0. The molecule has 150 valence electrons. The van der Waals surface area contributed by atoms with Crippen LogP contribution in [0.4, 0.5) is 11.5 Å². The van der Waals surface area contributed by atoms with Crippen molar-refractivity contribution in [3.8, 4) is 11.1 Å². The molecule has 0 atom stereocenters. The number of anilines is 2. The second kappa shape index (κ2) is 7.88. The second-order valence-electron chi connectivity index (χ2n) is 7.63. The summed E-state index contributed by atoms with van der Waals surface area (Å²) in [5, 5.41) is 15.5. The van der Waals surface area contributed by atoms with Gasteiger partial charge in [0.05, 0.1) is 11.8 Å². The number of benzene rings is 2. The number of aliphatic carboxylic acids is 1. The van der Waals surface area contributed by atoms with E-state index in [0.29, 0.717) is 0 Å². The van der Waals surface area contributed by atoms with Crippen molar-refractivity contribution in [2.45, 2.75) is 32.1 Å². The lowest BCUT2D eigenvalue weighted by molar-refractivity contribution is -0.136. The predicted octanol–water partition coefficient (Wildman–Crippen LogP) is 5.61. The fourth-order valence-electron chi connectivity index (χ4n) is 4.10. The van der Waals surface area contributed by atoms with Crippen LogP contribution in [-0.4, -0.2) is 21.0 Å². The first-order valence-corrected chi connectivity index (χ1v) is 11.0. The largest absolute Gasteiger partial charge is 0.481 e. The maximum Gasteiger partial charge on any atom is 0.307 e. The summed E-state index contributed by atoms with van der Waals surface area (Å²) in [4.78, 5) is 20.8. The number of rotatable bonds is 5. The molecule has 30 heavy (non-hydrogen) atoms. The molecule has 0 aliphatic heterocycles. The van der Waals surface area contributed by atoms with Crippen LogP contribution in [0.5, 0.6) is 0 Å². The number of hydrogen-bond donors (Lipinski definition) is 2. The molecule has 0 fully saturated rings. The second-order valence-corrected chi connectivity index (χ2v) is 8.49. The van der Waals surface area contributed by atoms with E-state index in [9.17, 15) is 4.79 Å². The Bertz CT molecular complexity index is 1230. The van der Waals surface area contributed by atoms with Gasteiger partial charge in [0, 0.05) is 16.6 Å². The van der Waals surface area contributed by atoms with Gasteiger partial charge in [0.15, 0.2) is 0 Å². The van der Waals surface area contributed by atoms with Crippen molar-refractivity contribution in [3.63, 3.8) is 0 Å². The lowest BCUT2D eigenvalue weighted by atomic mass is 9.89. The van der Waals surface area contributed by atoms with E-state index in [1.165, 1.54) is 36.0 Å². The molecule has 1 aliphatic carbocycles. The minimum Gasteiger partial charge on any atom is -0.481 e. The molecule has 2 aromatic heterocycles. The van der Waals surface area contributed by atoms with Crippen molar-refractivity contribution in [1.82, 2.24) is 9.97 Å². The molecule has 0 saturated heterocycles. The summed E-state index contributed by atoms with van der Waals surface area (Å²) in [6, 6.07) is 14.2. The Morgan fingerprint density at radius 1 is 1.03 bits per heavy atom. The maximum absolute atomic E-state index is 10.9. The molecule has 0 spiro atoms. The van der Waals surface area contributed by atoms with Gasteiger partial charge in [0.25, 0.3) is 0 Å². The number of carbonyl (C=O) groups is 1. The molecule has 6 heteroatoms. The van der Waals surface area contributed by atoms with Crippen molar-refractivity contribution in [1.29, 1.82) is 0 Å². The number of hydrogen-bond acceptors (Lipinski definition) is 5. The number of nitrogens with one attached hydrogen (secondary N) is 1. The Morgan fingerprint density at radius 3 is 2.63 bits per heavy atom. The van der Waals surface area contributed by atoms with Crippen molar-refractivity contribution in [2.24, 2.45) is 0 Å². The first-order chi connectivity index (χ1) is 14.7. The van der Waals surface area contributed by atoms with Crippen LogP contribution < -0.4 is 5.32 Å². The van der Waals surface area contributed by atoms with E-state index >= 15 is 0 Å². The smallest absolute Gasteiger partial charge is 0.307 e. The van der Waals surface area contributed by atoms with E-state index in [1.54, 1.807) is 17.7 Å². The molecule has 0 radical (unpaired) electrons.